The van der Waals surface area contributed by atoms with Crippen molar-refractivity contribution in [3.05, 3.63) is 27.7 Å². The standard InChI is InChI=1S/C12H13Cl2N3/c13-8-1-2-9(15)12(14)11(8)7-5-10-16-3-4-17(10)6-7/h1-2,7H,3-6,15H2. The monoisotopic (exact) mass is 269 g/mol. The van der Waals surface area contributed by atoms with E-state index in [9.17, 15) is 0 Å². The van der Waals surface area contributed by atoms with Crippen LogP contribution in [0.4, 0.5) is 5.69 Å². The first kappa shape index (κ1) is 11.2. The van der Waals surface area contributed by atoms with Crippen molar-refractivity contribution in [2.45, 2.75) is 12.3 Å². The van der Waals surface area contributed by atoms with Crippen LogP contribution in [-0.4, -0.2) is 30.4 Å². The lowest BCUT2D eigenvalue weighted by Crippen LogP contribution is -2.21. The van der Waals surface area contributed by atoms with Crippen molar-refractivity contribution in [3.8, 4) is 0 Å². The number of benzene rings is 1. The van der Waals surface area contributed by atoms with Crippen molar-refractivity contribution in [3.63, 3.8) is 0 Å². The summed E-state index contributed by atoms with van der Waals surface area (Å²) in [5, 5.41) is 1.31. The van der Waals surface area contributed by atoms with Crippen molar-refractivity contribution in [2.24, 2.45) is 4.99 Å². The first-order chi connectivity index (χ1) is 8.16. The molecule has 1 unspecified atom stereocenters. The van der Waals surface area contributed by atoms with Crippen molar-refractivity contribution in [1.29, 1.82) is 0 Å². The zero-order valence-corrected chi connectivity index (χ0v) is 10.8. The number of hydrogen-bond donors (Lipinski definition) is 1. The molecule has 2 heterocycles. The molecule has 0 aliphatic carbocycles. The van der Waals surface area contributed by atoms with Gasteiger partial charge in [0.25, 0.3) is 0 Å². The predicted molar refractivity (Wildman–Crippen MR) is 72.1 cm³/mol. The molecule has 3 nitrogen and oxygen atoms in total. The van der Waals surface area contributed by atoms with Crippen LogP contribution in [0.2, 0.25) is 10.0 Å². The van der Waals surface area contributed by atoms with Gasteiger partial charge in [-0.25, -0.2) is 0 Å². The molecule has 1 atom stereocenters. The first-order valence-electron chi connectivity index (χ1n) is 5.68. The van der Waals surface area contributed by atoms with Crippen LogP contribution in [0, 0.1) is 0 Å². The van der Waals surface area contributed by atoms with Crippen LogP contribution >= 0.6 is 23.2 Å². The van der Waals surface area contributed by atoms with Crippen LogP contribution in [0.5, 0.6) is 0 Å². The van der Waals surface area contributed by atoms with E-state index in [1.54, 1.807) is 6.07 Å². The van der Waals surface area contributed by atoms with Crippen LogP contribution in [0.25, 0.3) is 0 Å². The van der Waals surface area contributed by atoms with Gasteiger partial charge in [0, 0.05) is 30.5 Å². The van der Waals surface area contributed by atoms with Crippen LogP contribution < -0.4 is 5.73 Å². The highest BCUT2D eigenvalue weighted by molar-refractivity contribution is 6.37. The molecule has 2 aliphatic rings. The molecule has 3 rings (SSSR count). The summed E-state index contributed by atoms with van der Waals surface area (Å²) in [5.41, 5.74) is 7.41. The molecule has 90 valence electrons. The summed E-state index contributed by atoms with van der Waals surface area (Å²) >= 11 is 12.5. The number of nitrogens with two attached hydrogens (primary N) is 1. The van der Waals surface area contributed by atoms with E-state index in [4.69, 9.17) is 28.9 Å². The van der Waals surface area contributed by atoms with Gasteiger partial charge in [0.05, 0.1) is 23.1 Å². The van der Waals surface area contributed by atoms with E-state index in [1.807, 2.05) is 6.07 Å². The summed E-state index contributed by atoms with van der Waals surface area (Å²) < 4.78 is 0. The highest BCUT2D eigenvalue weighted by atomic mass is 35.5. The minimum atomic E-state index is 0.317. The largest absolute Gasteiger partial charge is 0.398 e. The van der Waals surface area contributed by atoms with Gasteiger partial charge in [0.1, 0.15) is 0 Å². The molecule has 1 aromatic carbocycles. The molecule has 0 aromatic heterocycles. The summed E-state index contributed by atoms with van der Waals surface area (Å²) in [5.74, 6) is 1.50. The Morgan fingerprint density at radius 1 is 1.35 bits per heavy atom. The zero-order valence-electron chi connectivity index (χ0n) is 9.29. The molecule has 0 radical (unpaired) electrons. The fraction of sp³-hybridized carbons (Fsp3) is 0.417. The summed E-state index contributed by atoms with van der Waals surface area (Å²) in [7, 11) is 0. The van der Waals surface area contributed by atoms with Gasteiger partial charge in [-0.2, -0.15) is 0 Å². The van der Waals surface area contributed by atoms with Gasteiger partial charge in [0.2, 0.25) is 0 Å². The van der Waals surface area contributed by atoms with Crippen molar-refractivity contribution < 1.29 is 0 Å². The van der Waals surface area contributed by atoms with E-state index in [0.717, 1.165) is 31.6 Å². The number of nitrogen functional groups attached to an aromatic ring is 1. The number of amidine groups is 1. The summed E-state index contributed by atoms with van der Waals surface area (Å²) in [6.07, 6.45) is 0.920. The summed E-state index contributed by atoms with van der Waals surface area (Å²) in [6.45, 7) is 2.88. The maximum absolute atomic E-state index is 6.27. The number of nitrogens with zero attached hydrogens (tertiary/aromatic N) is 2. The Hall–Kier alpha value is -0.930. The molecule has 1 aromatic rings. The van der Waals surface area contributed by atoms with Crippen LogP contribution in [0.3, 0.4) is 0 Å². The second-order valence-electron chi connectivity index (χ2n) is 4.51. The van der Waals surface area contributed by atoms with Crippen LogP contribution in [-0.2, 0) is 0 Å². The number of halogens is 2. The SMILES string of the molecule is Nc1ccc(Cl)c(C2CC3=NCCN3C2)c1Cl. The van der Waals surface area contributed by atoms with Gasteiger partial charge in [0.15, 0.2) is 0 Å². The van der Waals surface area contributed by atoms with Gasteiger partial charge in [-0.05, 0) is 17.7 Å². The van der Waals surface area contributed by atoms with Crippen molar-refractivity contribution >= 4 is 34.7 Å². The Morgan fingerprint density at radius 2 is 2.18 bits per heavy atom. The third-order valence-electron chi connectivity index (χ3n) is 3.46. The molecule has 0 amide bonds. The average molecular weight is 270 g/mol. The quantitative estimate of drug-likeness (QED) is 0.797. The van der Waals surface area contributed by atoms with E-state index >= 15 is 0 Å². The Bertz CT molecular complexity index is 499. The molecule has 1 fully saturated rings. The molecule has 2 N–H and O–H groups in total. The van der Waals surface area contributed by atoms with Crippen LogP contribution in [0.1, 0.15) is 17.9 Å². The number of aliphatic imine (C=N–C) groups is 1. The molecular weight excluding hydrogens is 257 g/mol. The second kappa shape index (κ2) is 4.07. The Labute approximate surface area is 110 Å². The number of fused-ring (bicyclic) bond motifs is 1. The fourth-order valence-electron chi connectivity index (χ4n) is 2.62. The first-order valence-corrected chi connectivity index (χ1v) is 6.44. The highest BCUT2D eigenvalue weighted by Gasteiger charge is 2.33. The summed E-state index contributed by atoms with van der Waals surface area (Å²) in [6, 6.07) is 3.57. The number of hydrogen-bond acceptors (Lipinski definition) is 3. The zero-order chi connectivity index (χ0) is 12.0. The molecule has 0 spiro atoms. The molecule has 2 aliphatic heterocycles. The smallest absolute Gasteiger partial charge is 0.0997 e. The highest BCUT2D eigenvalue weighted by Crippen LogP contribution is 2.40. The molecule has 0 bridgehead atoms. The third-order valence-corrected chi connectivity index (χ3v) is 4.22. The lowest BCUT2D eigenvalue weighted by molar-refractivity contribution is 0.469. The maximum atomic E-state index is 6.27. The third kappa shape index (κ3) is 1.78. The lowest BCUT2D eigenvalue weighted by Gasteiger charge is -2.16. The number of rotatable bonds is 1. The Morgan fingerprint density at radius 3 is 2.94 bits per heavy atom. The van der Waals surface area contributed by atoms with E-state index in [0.29, 0.717) is 21.7 Å². The minimum Gasteiger partial charge on any atom is -0.398 e. The maximum Gasteiger partial charge on any atom is 0.0997 e. The molecule has 17 heavy (non-hydrogen) atoms. The second-order valence-corrected chi connectivity index (χ2v) is 5.29. The van der Waals surface area contributed by atoms with E-state index in [-0.39, 0.29) is 0 Å². The van der Waals surface area contributed by atoms with Crippen molar-refractivity contribution in [2.75, 3.05) is 25.4 Å². The van der Waals surface area contributed by atoms with E-state index in [2.05, 4.69) is 9.89 Å². The van der Waals surface area contributed by atoms with Gasteiger partial charge in [-0.1, -0.05) is 23.2 Å². The Kier molecular flexibility index (Phi) is 2.68. The molecule has 5 heteroatoms. The molecular formula is C12H13Cl2N3. The van der Waals surface area contributed by atoms with Crippen molar-refractivity contribution in [1.82, 2.24) is 4.90 Å². The van der Waals surface area contributed by atoms with Gasteiger partial charge >= 0.3 is 0 Å². The van der Waals surface area contributed by atoms with E-state index < -0.39 is 0 Å². The summed E-state index contributed by atoms with van der Waals surface area (Å²) in [4.78, 5) is 6.79. The molecule has 1 saturated heterocycles. The van der Waals surface area contributed by atoms with Gasteiger partial charge in [-0.3, -0.25) is 4.99 Å². The normalized spacial score (nSPS) is 22.8. The lowest BCUT2D eigenvalue weighted by atomic mass is 9.97. The topological polar surface area (TPSA) is 41.6 Å². The Balaban J connectivity index is 1.98. The van der Waals surface area contributed by atoms with Gasteiger partial charge < -0.3 is 10.6 Å². The molecule has 0 saturated carbocycles. The fourth-order valence-corrected chi connectivity index (χ4v) is 3.30. The average Bonchev–Trinajstić information content (AvgIpc) is 2.84. The van der Waals surface area contributed by atoms with Gasteiger partial charge in [-0.15, -0.1) is 0 Å². The predicted octanol–water partition coefficient (Wildman–Crippen LogP) is 2.78. The van der Waals surface area contributed by atoms with E-state index in [1.165, 1.54) is 5.84 Å². The minimum absolute atomic E-state index is 0.317. The number of anilines is 1. The van der Waals surface area contributed by atoms with Crippen LogP contribution in [0.15, 0.2) is 17.1 Å².